The highest BCUT2D eigenvalue weighted by atomic mass is 79.9. The van der Waals surface area contributed by atoms with Gasteiger partial charge in [-0.3, -0.25) is 0 Å². The van der Waals surface area contributed by atoms with Crippen molar-refractivity contribution in [3.05, 3.63) is 35.4 Å². The van der Waals surface area contributed by atoms with E-state index in [0.717, 1.165) is 17.5 Å². The summed E-state index contributed by atoms with van der Waals surface area (Å²) in [6, 6.07) is 8.18. The number of halogens is 1. The van der Waals surface area contributed by atoms with Crippen LogP contribution < -0.4 is 4.74 Å². The van der Waals surface area contributed by atoms with Crippen molar-refractivity contribution in [2.75, 3.05) is 11.9 Å². The lowest BCUT2D eigenvalue weighted by Gasteiger charge is -2.04. The minimum absolute atomic E-state index is 0.715. The highest BCUT2D eigenvalue weighted by Crippen LogP contribution is 2.17. The fourth-order valence-corrected chi connectivity index (χ4v) is 1.89. The molecule has 1 aromatic rings. The van der Waals surface area contributed by atoms with Gasteiger partial charge in [-0.15, -0.1) is 0 Å². The highest BCUT2D eigenvalue weighted by Gasteiger charge is 1.96. The monoisotopic (exact) mass is 268 g/mol. The highest BCUT2D eigenvalue weighted by molar-refractivity contribution is 9.09. The van der Waals surface area contributed by atoms with Crippen LogP contribution in [0.3, 0.4) is 0 Å². The van der Waals surface area contributed by atoms with Crippen molar-refractivity contribution in [3.63, 3.8) is 0 Å². The topological polar surface area (TPSA) is 9.23 Å². The number of benzene rings is 1. The van der Waals surface area contributed by atoms with E-state index in [4.69, 9.17) is 4.74 Å². The molecule has 0 unspecified atom stereocenters. The first kappa shape index (κ1) is 12.3. The molecule has 0 aliphatic rings. The van der Waals surface area contributed by atoms with Gasteiger partial charge in [-0.25, -0.2) is 0 Å². The zero-order chi connectivity index (χ0) is 11.1. The van der Waals surface area contributed by atoms with Crippen molar-refractivity contribution in [3.8, 4) is 5.75 Å². The third-order valence-electron chi connectivity index (χ3n) is 2.17. The van der Waals surface area contributed by atoms with Gasteiger partial charge in [0.2, 0.25) is 0 Å². The molecule has 0 radical (unpaired) electrons. The van der Waals surface area contributed by atoms with Crippen LogP contribution in [0.25, 0.3) is 6.08 Å². The molecule has 1 aromatic carbocycles. The zero-order valence-corrected chi connectivity index (χ0v) is 10.9. The van der Waals surface area contributed by atoms with Gasteiger partial charge in [0, 0.05) is 5.33 Å². The fraction of sp³-hybridized carbons (Fsp3) is 0.385. The first-order chi connectivity index (χ1) is 7.30. The maximum atomic E-state index is 5.45. The Balaban J connectivity index is 2.85. The molecule has 0 bridgehead atoms. The molecule has 0 saturated carbocycles. The summed E-state index contributed by atoms with van der Waals surface area (Å²) >= 11 is 3.48. The number of hydrogen-bond acceptors (Lipinski definition) is 1. The summed E-state index contributed by atoms with van der Waals surface area (Å²) in [7, 11) is 0. The summed E-state index contributed by atoms with van der Waals surface area (Å²) in [5.41, 5.74) is 2.60. The molecule has 0 aliphatic heterocycles. The van der Waals surface area contributed by atoms with Gasteiger partial charge in [0.1, 0.15) is 5.75 Å². The lowest BCUT2D eigenvalue weighted by atomic mass is 10.1. The molecule has 0 saturated heterocycles. The third-order valence-corrected chi connectivity index (χ3v) is 2.89. The molecule has 1 nitrogen and oxygen atoms in total. The van der Waals surface area contributed by atoms with Crippen LogP contribution in [0, 0.1) is 0 Å². The van der Waals surface area contributed by atoms with Crippen molar-refractivity contribution in [2.24, 2.45) is 0 Å². The fourth-order valence-electron chi connectivity index (χ4n) is 1.33. The van der Waals surface area contributed by atoms with Gasteiger partial charge in [-0.05, 0) is 31.0 Å². The molecule has 0 atom stereocenters. The van der Waals surface area contributed by atoms with E-state index in [1.165, 1.54) is 11.1 Å². The Morgan fingerprint density at radius 1 is 1.40 bits per heavy atom. The van der Waals surface area contributed by atoms with Crippen LogP contribution >= 0.6 is 15.9 Å². The van der Waals surface area contributed by atoms with Gasteiger partial charge >= 0.3 is 0 Å². The Bertz CT molecular complexity index is 325. The number of allylic oxidation sites excluding steroid dienone is 1. The molecule has 0 N–H and O–H groups in total. The van der Waals surface area contributed by atoms with Gasteiger partial charge in [-0.2, -0.15) is 0 Å². The van der Waals surface area contributed by atoms with E-state index in [0.29, 0.717) is 6.61 Å². The van der Waals surface area contributed by atoms with Gasteiger partial charge in [-0.1, -0.05) is 46.6 Å². The van der Waals surface area contributed by atoms with Crippen LogP contribution in [-0.4, -0.2) is 11.9 Å². The molecule has 1 rings (SSSR count). The second kappa shape index (κ2) is 6.67. The smallest absolute Gasteiger partial charge is 0.119 e. The molecular weight excluding hydrogens is 252 g/mol. The zero-order valence-electron chi connectivity index (χ0n) is 9.29. The summed E-state index contributed by atoms with van der Waals surface area (Å²) in [5, 5.41) is 0.933. The van der Waals surface area contributed by atoms with Crippen LogP contribution in [0.1, 0.15) is 25.8 Å². The number of rotatable bonds is 5. The molecule has 0 amide bonds. The Labute approximate surface area is 100 Å². The lowest BCUT2D eigenvalue weighted by Crippen LogP contribution is -1.91. The van der Waals surface area contributed by atoms with Crippen LogP contribution in [-0.2, 0) is 0 Å². The van der Waals surface area contributed by atoms with Crippen molar-refractivity contribution < 1.29 is 4.74 Å². The third kappa shape index (κ3) is 4.08. The number of alkyl halides is 1. The molecule has 15 heavy (non-hydrogen) atoms. The summed E-state index contributed by atoms with van der Waals surface area (Å²) < 4.78 is 5.45. The Hall–Kier alpha value is -0.760. The second-order valence-electron chi connectivity index (χ2n) is 3.30. The molecule has 0 heterocycles. The largest absolute Gasteiger partial charge is 0.494 e. The van der Waals surface area contributed by atoms with Crippen LogP contribution in [0.2, 0.25) is 0 Å². The SMILES string of the molecule is CCOc1cccc(C=C(CC)CBr)c1. The van der Waals surface area contributed by atoms with Crippen LogP contribution in [0.5, 0.6) is 5.75 Å². The molecule has 0 aromatic heterocycles. The van der Waals surface area contributed by atoms with Crippen LogP contribution in [0.4, 0.5) is 0 Å². The van der Waals surface area contributed by atoms with Gasteiger partial charge in [0.05, 0.1) is 6.61 Å². The van der Waals surface area contributed by atoms with Gasteiger partial charge in [0.15, 0.2) is 0 Å². The number of hydrogen-bond donors (Lipinski definition) is 0. The minimum Gasteiger partial charge on any atom is -0.494 e. The predicted molar refractivity (Wildman–Crippen MR) is 69.7 cm³/mol. The Morgan fingerprint density at radius 3 is 2.80 bits per heavy atom. The molecule has 82 valence electrons. The molecule has 0 aliphatic carbocycles. The van der Waals surface area contributed by atoms with E-state index >= 15 is 0 Å². The second-order valence-corrected chi connectivity index (χ2v) is 3.86. The van der Waals surface area contributed by atoms with Gasteiger partial charge in [0.25, 0.3) is 0 Å². The maximum Gasteiger partial charge on any atom is 0.119 e. The average molecular weight is 269 g/mol. The van der Waals surface area contributed by atoms with Crippen molar-refractivity contribution in [1.29, 1.82) is 0 Å². The predicted octanol–water partition coefficient (Wildman–Crippen LogP) is 4.27. The van der Waals surface area contributed by atoms with Crippen molar-refractivity contribution >= 4 is 22.0 Å². The van der Waals surface area contributed by atoms with Crippen molar-refractivity contribution in [2.45, 2.75) is 20.3 Å². The minimum atomic E-state index is 0.715. The van der Waals surface area contributed by atoms with E-state index in [-0.39, 0.29) is 0 Å². The summed E-state index contributed by atoms with van der Waals surface area (Å²) in [6.45, 7) is 4.88. The van der Waals surface area contributed by atoms with E-state index in [2.05, 4.69) is 41.1 Å². The van der Waals surface area contributed by atoms with Crippen LogP contribution in [0.15, 0.2) is 29.8 Å². The Morgan fingerprint density at radius 2 is 2.20 bits per heavy atom. The summed E-state index contributed by atoms with van der Waals surface area (Å²) in [4.78, 5) is 0. The molecule has 0 spiro atoms. The first-order valence-corrected chi connectivity index (χ1v) is 6.40. The van der Waals surface area contributed by atoms with Crippen molar-refractivity contribution in [1.82, 2.24) is 0 Å². The summed E-state index contributed by atoms with van der Waals surface area (Å²) in [5.74, 6) is 0.941. The molecule has 0 fully saturated rings. The van der Waals surface area contributed by atoms with E-state index in [9.17, 15) is 0 Å². The average Bonchev–Trinajstić information content (AvgIpc) is 2.27. The maximum absolute atomic E-state index is 5.45. The normalized spacial score (nSPS) is 11.5. The van der Waals surface area contributed by atoms with E-state index in [1.807, 2.05) is 19.1 Å². The standard InChI is InChI=1S/C13H17BrO/c1-3-11(10-14)8-12-6-5-7-13(9-12)15-4-2/h5-9H,3-4,10H2,1-2H3. The van der Waals surface area contributed by atoms with E-state index < -0.39 is 0 Å². The Kier molecular flexibility index (Phi) is 5.48. The van der Waals surface area contributed by atoms with E-state index in [1.54, 1.807) is 0 Å². The number of ether oxygens (including phenoxy) is 1. The molecule has 2 heteroatoms. The molecular formula is C13H17BrO. The van der Waals surface area contributed by atoms with Gasteiger partial charge < -0.3 is 4.74 Å². The quantitative estimate of drug-likeness (QED) is 0.725. The summed E-state index contributed by atoms with van der Waals surface area (Å²) in [6.07, 6.45) is 3.28. The lowest BCUT2D eigenvalue weighted by molar-refractivity contribution is 0.340. The first-order valence-electron chi connectivity index (χ1n) is 5.28.